The number of benzene rings is 1. The Balaban J connectivity index is 2.18. The molecule has 0 aromatic heterocycles. The second-order valence-electron chi connectivity index (χ2n) is 5.08. The van der Waals surface area contributed by atoms with Gasteiger partial charge in [-0.25, -0.2) is 22.3 Å². The van der Waals surface area contributed by atoms with Crippen LogP contribution in [0, 0.1) is 5.82 Å². The molecule has 21 heavy (non-hydrogen) atoms. The van der Waals surface area contributed by atoms with E-state index in [4.69, 9.17) is 5.11 Å². The maximum Gasteiger partial charge on any atom is 0.335 e. The molecule has 0 unspecified atom stereocenters. The second kappa shape index (κ2) is 6.08. The number of carboxylic acid groups (broad SMARTS) is 1. The minimum absolute atomic E-state index is 0.313. The molecule has 1 fully saturated rings. The van der Waals surface area contributed by atoms with E-state index in [1.165, 1.54) is 0 Å². The molecule has 1 saturated carbocycles. The van der Waals surface area contributed by atoms with Crippen molar-refractivity contribution in [3.63, 3.8) is 0 Å². The summed E-state index contributed by atoms with van der Waals surface area (Å²) in [5.41, 5.74) is -0.313. The maximum atomic E-state index is 13.8. The van der Waals surface area contributed by atoms with Gasteiger partial charge in [0.2, 0.25) is 10.0 Å². The molecule has 1 aromatic carbocycles. The summed E-state index contributed by atoms with van der Waals surface area (Å²) in [6.45, 7) is 0. The van der Waals surface area contributed by atoms with Crippen LogP contribution in [-0.4, -0.2) is 36.7 Å². The lowest BCUT2D eigenvalue weighted by Gasteiger charge is -2.26. The molecule has 0 heterocycles. The Bertz CT molecular complexity index is 638. The Kier molecular flexibility index (Phi) is 4.60. The van der Waals surface area contributed by atoms with Gasteiger partial charge < -0.3 is 10.2 Å². The Morgan fingerprint density at radius 3 is 2.38 bits per heavy atom. The minimum Gasteiger partial charge on any atom is -0.478 e. The summed E-state index contributed by atoms with van der Waals surface area (Å²) in [6, 6.07) is 2.32. The number of nitrogens with one attached hydrogen (secondary N) is 1. The lowest BCUT2D eigenvalue weighted by molar-refractivity contribution is 0.0696. The van der Waals surface area contributed by atoms with Crippen molar-refractivity contribution in [1.82, 2.24) is 4.72 Å². The van der Waals surface area contributed by atoms with Gasteiger partial charge in [0.25, 0.3) is 0 Å². The molecule has 0 radical (unpaired) electrons. The summed E-state index contributed by atoms with van der Waals surface area (Å²) in [7, 11) is -4.05. The highest BCUT2D eigenvalue weighted by molar-refractivity contribution is 7.89. The van der Waals surface area contributed by atoms with Gasteiger partial charge in [0, 0.05) is 6.04 Å². The fraction of sp³-hybridized carbons (Fsp3) is 0.462. The Labute approximate surface area is 121 Å². The summed E-state index contributed by atoms with van der Waals surface area (Å²) in [6.07, 6.45) is 1.53. The predicted molar refractivity (Wildman–Crippen MR) is 71.9 cm³/mol. The van der Waals surface area contributed by atoms with Crippen LogP contribution in [0.1, 0.15) is 36.0 Å². The number of aliphatic hydroxyl groups excluding tert-OH is 1. The van der Waals surface area contributed by atoms with Crippen LogP contribution in [0.15, 0.2) is 23.1 Å². The molecule has 1 aliphatic rings. The number of aromatic carboxylic acids is 1. The molecule has 6 nitrogen and oxygen atoms in total. The highest BCUT2D eigenvalue weighted by Gasteiger charge is 2.27. The topological polar surface area (TPSA) is 104 Å². The smallest absolute Gasteiger partial charge is 0.335 e. The summed E-state index contributed by atoms with van der Waals surface area (Å²) in [5, 5.41) is 18.1. The molecule has 0 aliphatic heterocycles. The van der Waals surface area contributed by atoms with Crippen molar-refractivity contribution in [1.29, 1.82) is 0 Å². The molecule has 1 aliphatic carbocycles. The standard InChI is InChI=1S/C13H16FNO5S/c14-11-7-8(13(17)18)1-6-12(11)21(19,20)15-9-2-4-10(16)5-3-9/h1,6-7,9-10,15-16H,2-5H2,(H,17,18). The van der Waals surface area contributed by atoms with E-state index in [1.54, 1.807) is 0 Å². The fourth-order valence-corrected chi connectivity index (χ4v) is 3.69. The molecule has 0 atom stereocenters. The van der Waals surface area contributed by atoms with Crippen LogP contribution < -0.4 is 4.72 Å². The SMILES string of the molecule is O=C(O)c1ccc(S(=O)(=O)NC2CCC(O)CC2)c(F)c1. The van der Waals surface area contributed by atoms with Crippen LogP contribution in [0.4, 0.5) is 4.39 Å². The van der Waals surface area contributed by atoms with Gasteiger partial charge in [-0.1, -0.05) is 0 Å². The van der Waals surface area contributed by atoms with E-state index in [2.05, 4.69) is 4.72 Å². The van der Waals surface area contributed by atoms with Crippen LogP contribution >= 0.6 is 0 Å². The van der Waals surface area contributed by atoms with Crippen molar-refractivity contribution in [3.05, 3.63) is 29.6 Å². The average molecular weight is 317 g/mol. The van der Waals surface area contributed by atoms with Crippen molar-refractivity contribution < 1.29 is 27.8 Å². The quantitative estimate of drug-likeness (QED) is 0.771. The summed E-state index contributed by atoms with van der Waals surface area (Å²) < 4.78 is 40.4. The lowest BCUT2D eigenvalue weighted by Crippen LogP contribution is -2.38. The first-order valence-electron chi connectivity index (χ1n) is 6.53. The van der Waals surface area contributed by atoms with Gasteiger partial charge in [-0.15, -0.1) is 0 Å². The number of halogens is 1. The van der Waals surface area contributed by atoms with Crippen molar-refractivity contribution in [2.45, 2.75) is 42.7 Å². The monoisotopic (exact) mass is 317 g/mol. The summed E-state index contributed by atoms with van der Waals surface area (Å²) >= 11 is 0. The average Bonchev–Trinajstić information content (AvgIpc) is 2.40. The van der Waals surface area contributed by atoms with E-state index in [0.717, 1.165) is 12.1 Å². The van der Waals surface area contributed by atoms with Gasteiger partial charge in [-0.05, 0) is 43.9 Å². The van der Waals surface area contributed by atoms with E-state index in [-0.39, 0.29) is 11.6 Å². The Morgan fingerprint density at radius 2 is 1.86 bits per heavy atom. The van der Waals surface area contributed by atoms with Crippen LogP contribution in [0.5, 0.6) is 0 Å². The number of rotatable bonds is 4. The third-order valence-corrected chi connectivity index (χ3v) is 5.04. The van der Waals surface area contributed by atoms with Gasteiger partial charge in [-0.3, -0.25) is 0 Å². The first kappa shape index (κ1) is 15.9. The second-order valence-corrected chi connectivity index (χ2v) is 6.76. The zero-order chi connectivity index (χ0) is 15.6. The van der Waals surface area contributed by atoms with Crippen molar-refractivity contribution >= 4 is 16.0 Å². The highest BCUT2D eigenvalue weighted by atomic mass is 32.2. The summed E-state index contributed by atoms with van der Waals surface area (Å²) in [5.74, 6) is -2.43. The van der Waals surface area contributed by atoms with E-state index >= 15 is 0 Å². The van der Waals surface area contributed by atoms with E-state index in [0.29, 0.717) is 31.7 Å². The Hall–Kier alpha value is -1.51. The summed E-state index contributed by atoms with van der Waals surface area (Å²) in [4.78, 5) is 10.1. The zero-order valence-electron chi connectivity index (χ0n) is 11.1. The van der Waals surface area contributed by atoms with Crippen molar-refractivity contribution in [2.24, 2.45) is 0 Å². The maximum absolute atomic E-state index is 13.8. The molecule has 0 amide bonds. The third-order valence-electron chi connectivity index (χ3n) is 3.49. The molecule has 2 rings (SSSR count). The number of carboxylic acids is 1. The molecule has 0 bridgehead atoms. The fourth-order valence-electron chi connectivity index (χ4n) is 2.33. The lowest BCUT2D eigenvalue weighted by atomic mass is 9.94. The third kappa shape index (κ3) is 3.78. The largest absolute Gasteiger partial charge is 0.478 e. The number of hydrogen-bond donors (Lipinski definition) is 3. The van der Waals surface area contributed by atoms with Gasteiger partial charge >= 0.3 is 5.97 Å². The Morgan fingerprint density at radius 1 is 1.24 bits per heavy atom. The molecule has 0 saturated heterocycles. The zero-order valence-corrected chi connectivity index (χ0v) is 11.9. The van der Waals surface area contributed by atoms with E-state index in [9.17, 15) is 22.7 Å². The van der Waals surface area contributed by atoms with E-state index in [1.807, 2.05) is 0 Å². The van der Waals surface area contributed by atoms with Crippen LogP contribution in [0.3, 0.4) is 0 Å². The number of aliphatic hydroxyl groups is 1. The van der Waals surface area contributed by atoms with Gasteiger partial charge in [-0.2, -0.15) is 0 Å². The van der Waals surface area contributed by atoms with Gasteiger partial charge in [0.05, 0.1) is 11.7 Å². The first-order chi connectivity index (χ1) is 9.79. The highest BCUT2D eigenvalue weighted by Crippen LogP contribution is 2.22. The van der Waals surface area contributed by atoms with Crippen LogP contribution in [0.2, 0.25) is 0 Å². The molecule has 1 aromatic rings. The molecule has 3 N–H and O–H groups in total. The molecular weight excluding hydrogens is 301 g/mol. The number of carbonyl (C=O) groups is 1. The van der Waals surface area contributed by atoms with Crippen molar-refractivity contribution in [3.8, 4) is 0 Å². The van der Waals surface area contributed by atoms with Crippen molar-refractivity contribution in [2.75, 3.05) is 0 Å². The molecule has 8 heteroatoms. The number of sulfonamides is 1. The molecule has 0 spiro atoms. The van der Waals surface area contributed by atoms with Gasteiger partial charge in [0.1, 0.15) is 10.7 Å². The molecular formula is C13H16FNO5S. The predicted octanol–water partition coefficient (Wildman–Crippen LogP) is 1.11. The van der Waals surface area contributed by atoms with Gasteiger partial charge in [0.15, 0.2) is 0 Å². The molecule has 116 valence electrons. The van der Waals surface area contributed by atoms with Crippen LogP contribution in [-0.2, 0) is 10.0 Å². The minimum atomic E-state index is -4.05. The number of hydrogen-bond acceptors (Lipinski definition) is 4. The van der Waals surface area contributed by atoms with E-state index < -0.39 is 32.8 Å². The van der Waals surface area contributed by atoms with Crippen LogP contribution in [0.25, 0.3) is 0 Å². The first-order valence-corrected chi connectivity index (χ1v) is 8.01. The normalized spacial score (nSPS) is 23.0.